The van der Waals surface area contributed by atoms with Crippen molar-refractivity contribution in [2.45, 2.75) is 51.8 Å². The quantitative estimate of drug-likeness (QED) is 0.498. The van der Waals surface area contributed by atoms with Crippen molar-refractivity contribution in [3.63, 3.8) is 0 Å². The van der Waals surface area contributed by atoms with E-state index in [-0.39, 0.29) is 18.2 Å². The number of fused-ring (bicyclic) bond motifs is 1. The molecule has 0 radical (unpaired) electrons. The molecule has 0 saturated carbocycles. The average molecular weight is 370 g/mol. The SMILES string of the molecule is CC(C)(C)OC(=O)C=Cc1ccc2c(c1)CN(C1CCC(=O)NC1=O)C2=O. The number of esters is 1. The summed E-state index contributed by atoms with van der Waals surface area (Å²) in [5.41, 5.74) is 1.52. The number of nitrogens with zero attached hydrogens (tertiary/aromatic N) is 1. The molecule has 3 rings (SSSR count). The molecule has 1 unspecified atom stereocenters. The average Bonchev–Trinajstić information content (AvgIpc) is 2.88. The van der Waals surface area contributed by atoms with Crippen LogP contribution in [0.5, 0.6) is 0 Å². The Morgan fingerprint density at radius 1 is 1.26 bits per heavy atom. The van der Waals surface area contributed by atoms with E-state index in [2.05, 4.69) is 5.32 Å². The number of piperidine rings is 1. The van der Waals surface area contributed by atoms with Crippen molar-refractivity contribution in [1.29, 1.82) is 0 Å². The van der Waals surface area contributed by atoms with E-state index >= 15 is 0 Å². The second-order valence-electron chi connectivity index (χ2n) is 7.68. The van der Waals surface area contributed by atoms with Crippen LogP contribution in [-0.4, -0.2) is 40.2 Å². The van der Waals surface area contributed by atoms with Crippen LogP contribution in [0.1, 0.15) is 55.1 Å². The molecular formula is C20H22N2O5. The zero-order valence-electron chi connectivity index (χ0n) is 15.6. The summed E-state index contributed by atoms with van der Waals surface area (Å²) >= 11 is 0. The van der Waals surface area contributed by atoms with Crippen molar-refractivity contribution < 1.29 is 23.9 Å². The predicted octanol–water partition coefficient (Wildman–Crippen LogP) is 1.80. The number of nitrogens with one attached hydrogen (secondary N) is 1. The molecule has 1 fully saturated rings. The van der Waals surface area contributed by atoms with E-state index in [0.29, 0.717) is 18.5 Å². The van der Waals surface area contributed by atoms with Gasteiger partial charge >= 0.3 is 5.97 Å². The Labute approximate surface area is 157 Å². The van der Waals surface area contributed by atoms with Gasteiger partial charge in [-0.15, -0.1) is 0 Å². The van der Waals surface area contributed by atoms with Crippen LogP contribution in [0.2, 0.25) is 0 Å². The molecule has 2 aliphatic rings. The molecular weight excluding hydrogens is 348 g/mol. The van der Waals surface area contributed by atoms with Crippen molar-refractivity contribution in [3.8, 4) is 0 Å². The zero-order valence-corrected chi connectivity index (χ0v) is 15.6. The molecule has 142 valence electrons. The monoisotopic (exact) mass is 370 g/mol. The summed E-state index contributed by atoms with van der Waals surface area (Å²) in [7, 11) is 0. The van der Waals surface area contributed by atoms with Crippen molar-refractivity contribution in [2.75, 3.05) is 0 Å². The van der Waals surface area contributed by atoms with Crippen LogP contribution in [0.25, 0.3) is 6.08 Å². The minimum absolute atomic E-state index is 0.220. The van der Waals surface area contributed by atoms with Gasteiger partial charge in [-0.25, -0.2) is 4.79 Å². The summed E-state index contributed by atoms with van der Waals surface area (Å²) in [5.74, 6) is -1.40. The van der Waals surface area contributed by atoms with Crippen LogP contribution in [0.4, 0.5) is 0 Å². The van der Waals surface area contributed by atoms with Crippen molar-refractivity contribution in [1.82, 2.24) is 10.2 Å². The standard InChI is InChI=1S/C20H22N2O5/c1-20(2,3)27-17(24)9-5-12-4-6-14-13(10-12)11-22(19(14)26)15-7-8-16(23)21-18(15)25/h4-6,9-10,15H,7-8,11H2,1-3H3,(H,21,23,25). The zero-order chi connectivity index (χ0) is 19.8. The van der Waals surface area contributed by atoms with Gasteiger partial charge in [0.15, 0.2) is 0 Å². The molecule has 7 nitrogen and oxygen atoms in total. The molecule has 1 aromatic rings. The fraction of sp³-hybridized carbons (Fsp3) is 0.400. The van der Waals surface area contributed by atoms with E-state index in [0.717, 1.165) is 11.1 Å². The number of hydrogen-bond donors (Lipinski definition) is 1. The molecule has 27 heavy (non-hydrogen) atoms. The van der Waals surface area contributed by atoms with Crippen molar-refractivity contribution in [2.24, 2.45) is 0 Å². The third kappa shape index (κ3) is 4.24. The van der Waals surface area contributed by atoms with E-state index < -0.39 is 23.5 Å². The highest BCUT2D eigenvalue weighted by molar-refractivity contribution is 6.05. The highest BCUT2D eigenvalue weighted by Gasteiger charge is 2.38. The summed E-state index contributed by atoms with van der Waals surface area (Å²) in [6.07, 6.45) is 3.53. The molecule has 1 aromatic carbocycles. The van der Waals surface area contributed by atoms with Gasteiger partial charge < -0.3 is 9.64 Å². The summed E-state index contributed by atoms with van der Waals surface area (Å²) in [6, 6.07) is 4.62. The summed E-state index contributed by atoms with van der Waals surface area (Å²) in [6.45, 7) is 5.69. The molecule has 1 N–H and O–H groups in total. The third-order valence-electron chi connectivity index (χ3n) is 4.37. The van der Waals surface area contributed by atoms with Gasteiger partial charge in [0.25, 0.3) is 5.91 Å². The van der Waals surface area contributed by atoms with Crippen LogP contribution in [0.3, 0.4) is 0 Å². The topological polar surface area (TPSA) is 92.8 Å². The molecule has 2 aliphatic heterocycles. The first-order valence-corrected chi connectivity index (χ1v) is 8.83. The summed E-state index contributed by atoms with van der Waals surface area (Å²) in [4.78, 5) is 49.3. The minimum atomic E-state index is -0.636. The molecule has 0 bridgehead atoms. The lowest BCUT2D eigenvalue weighted by molar-refractivity contribution is -0.148. The number of rotatable bonds is 3. The third-order valence-corrected chi connectivity index (χ3v) is 4.37. The van der Waals surface area contributed by atoms with Gasteiger partial charge in [-0.2, -0.15) is 0 Å². The second kappa shape index (κ2) is 6.98. The van der Waals surface area contributed by atoms with E-state index in [1.807, 2.05) is 6.07 Å². The number of ether oxygens (including phenoxy) is 1. The number of amides is 3. The Balaban J connectivity index is 1.73. The van der Waals surface area contributed by atoms with Gasteiger partial charge in [-0.1, -0.05) is 6.07 Å². The Hall–Kier alpha value is -2.96. The number of carbonyl (C=O) groups is 4. The second-order valence-corrected chi connectivity index (χ2v) is 7.68. The van der Waals surface area contributed by atoms with Crippen LogP contribution in [0.15, 0.2) is 24.3 Å². The van der Waals surface area contributed by atoms with Gasteiger partial charge in [0.1, 0.15) is 11.6 Å². The van der Waals surface area contributed by atoms with Crippen LogP contribution < -0.4 is 5.32 Å². The van der Waals surface area contributed by atoms with Gasteiger partial charge in [0, 0.05) is 24.6 Å². The molecule has 1 saturated heterocycles. The van der Waals surface area contributed by atoms with Gasteiger partial charge in [0.05, 0.1) is 0 Å². The maximum Gasteiger partial charge on any atom is 0.331 e. The first-order valence-electron chi connectivity index (χ1n) is 8.83. The van der Waals surface area contributed by atoms with Crippen LogP contribution in [-0.2, 0) is 25.7 Å². The fourth-order valence-corrected chi connectivity index (χ4v) is 3.20. The number of hydrogen-bond acceptors (Lipinski definition) is 5. The Morgan fingerprint density at radius 3 is 2.67 bits per heavy atom. The molecule has 0 spiro atoms. The largest absolute Gasteiger partial charge is 0.457 e. The van der Waals surface area contributed by atoms with Gasteiger partial charge in [-0.05, 0) is 56.5 Å². The number of carbonyl (C=O) groups excluding carboxylic acids is 4. The predicted molar refractivity (Wildman–Crippen MR) is 97.4 cm³/mol. The van der Waals surface area contributed by atoms with E-state index in [1.54, 1.807) is 39.0 Å². The van der Waals surface area contributed by atoms with Crippen molar-refractivity contribution in [3.05, 3.63) is 41.0 Å². The molecule has 1 atom stereocenters. The lowest BCUT2D eigenvalue weighted by Crippen LogP contribution is -2.52. The lowest BCUT2D eigenvalue weighted by Gasteiger charge is -2.29. The molecule has 7 heteroatoms. The van der Waals surface area contributed by atoms with E-state index in [4.69, 9.17) is 4.74 Å². The highest BCUT2D eigenvalue weighted by atomic mass is 16.6. The molecule has 0 aliphatic carbocycles. The molecule has 2 heterocycles. The first kappa shape index (κ1) is 18.8. The Morgan fingerprint density at radius 2 is 2.00 bits per heavy atom. The van der Waals surface area contributed by atoms with Gasteiger partial charge in [0.2, 0.25) is 11.8 Å². The smallest absolute Gasteiger partial charge is 0.331 e. The highest BCUT2D eigenvalue weighted by Crippen LogP contribution is 2.28. The minimum Gasteiger partial charge on any atom is -0.457 e. The Kier molecular flexibility index (Phi) is 4.87. The summed E-state index contributed by atoms with van der Waals surface area (Å²) < 4.78 is 5.23. The van der Waals surface area contributed by atoms with Crippen LogP contribution >= 0.6 is 0 Å². The Bertz CT molecular complexity index is 850. The maximum absolute atomic E-state index is 12.6. The number of benzene rings is 1. The van der Waals surface area contributed by atoms with Crippen LogP contribution in [0, 0.1) is 0 Å². The normalized spacial score (nSPS) is 20.0. The number of imide groups is 1. The maximum atomic E-state index is 12.6. The van der Waals surface area contributed by atoms with E-state index in [9.17, 15) is 19.2 Å². The first-order chi connectivity index (χ1) is 12.6. The van der Waals surface area contributed by atoms with E-state index in [1.165, 1.54) is 11.0 Å². The summed E-state index contributed by atoms with van der Waals surface area (Å²) in [5, 5.41) is 2.28. The van der Waals surface area contributed by atoms with Gasteiger partial charge in [-0.3, -0.25) is 19.7 Å². The van der Waals surface area contributed by atoms with Crippen molar-refractivity contribution >= 4 is 29.8 Å². The molecule has 3 amide bonds. The fourth-order valence-electron chi connectivity index (χ4n) is 3.20. The molecule has 0 aromatic heterocycles. The lowest BCUT2D eigenvalue weighted by atomic mass is 10.0.